The monoisotopic (exact) mass is 638 g/mol. The highest BCUT2D eigenvalue weighted by molar-refractivity contribution is 6.00. The largest absolute Gasteiger partial charge is 0.344 e. The van der Waals surface area contributed by atoms with Crippen molar-refractivity contribution in [1.29, 1.82) is 0 Å². The first-order valence-electron chi connectivity index (χ1n) is 16.9. The number of benzene rings is 1. The van der Waals surface area contributed by atoms with Crippen LogP contribution < -0.4 is 16.0 Å². The zero-order valence-electron chi connectivity index (χ0n) is 27.8. The molecule has 1 saturated carbocycles. The number of halogens is 1. The molecule has 4 rings (SSSR count). The van der Waals surface area contributed by atoms with E-state index < -0.39 is 29.7 Å². The molecule has 1 aromatic heterocycles. The molecule has 0 bridgehead atoms. The molecule has 1 aliphatic carbocycles. The maximum Gasteiger partial charge on any atom is 0.268 e. The van der Waals surface area contributed by atoms with Crippen LogP contribution in [0.4, 0.5) is 10.1 Å². The Morgan fingerprint density at radius 1 is 0.957 bits per heavy atom. The van der Waals surface area contributed by atoms with Gasteiger partial charge in [0.25, 0.3) is 5.91 Å². The molecule has 252 valence electrons. The maximum absolute atomic E-state index is 15.6. The highest BCUT2D eigenvalue weighted by Gasteiger charge is 2.33. The summed E-state index contributed by atoms with van der Waals surface area (Å²) in [5, 5.41) is 8.52. The lowest BCUT2D eigenvalue weighted by atomic mass is 9.91. The van der Waals surface area contributed by atoms with Crippen LogP contribution in [0.25, 0.3) is 0 Å². The van der Waals surface area contributed by atoms with Gasteiger partial charge in [0.1, 0.15) is 23.6 Å². The van der Waals surface area contributed by atoms with Gasteiger partial charge in [-0.05, 0) is 56.1 Å². The van der Waals surface area contributed by atoms with Crippen molar-refractivity contribution in [2.24, 2.45) is 5.92 Å². The summed E-state index contributed by atoms with van der Waals surface area (Å²) in [6.45, 7) is 8.69. The van der Waals surface area contributed by atoms with E-state index in [-0.39, 0.29) is 35.7 Å². The number of piperazine rings is 1. The predicted octanol–water partition coefficient (Wildman–Crippen LogP) is 4.52. The number of aromatic nitrogens is 1. The highest BCUT2D eigenvalue weighted by atomic mass is 19.1. The number of amides is 4. The summed E-state index contributed by atoms with van der Waals surface area (Å²) in [6, 6.07) is 6.33. The molecule has 1 saturated heterocycles. The first kappa shape index (κ1) is 35.1. The SMILES string of the molecule is CCC(=O)N[C@@H](C(=O)N1CCN(C)CC1)[C@@H](C)c1ccc(NC(=O)[C@H](CC2CCCCCC2)NC(=O)c2cccn2CC)c(F)c1. The summed E-state index contributed by atoms with van der Waals surface area (Å²) in [7, 11) is 2.00. The van der Waals surface area contributed by atoms with E-state index in [0.717, 1.165) is 38.8 Å². The Hall–Kier alpha value is -3.73. The van der Waals surface area contributed by atoms with Crippen LogP contribution in [0.5, 0.6) is 0 Å². The third kappa shape index (κ3) is 9.18. The number of rotatable bonds is 12. The maximum atomic E-state index is 15.6. The van der Waals surface area contributed by atoms with E-state index >= 15 is 4.39 Å². The van der Waals surface area contributed by atoms with Crippen LogP contribution in [0.3, 0.4) is 0 Å². The van der Waals surface area contributed by atoms with Gasteiger partial charge in [0, 0.05) is 51.3 Å². The number of nitrogens with one attached hydrogen (secondary N) is 3. The van der Waals surface area contributed by atoms with Crippen LogP contribution in [0, 0.1) is 11.7 Å². The zero-order chi connectivity index (χ0) is 33.2. The molecular weight excluding hydrogens is 587 g/mol. The summed E-state index contributed by atoms with van der Waals surface area (Å²) in [4.78, 5) is 56.8. The van der Waals surface area contributed by atoms with Gasteiger partial charge < -0.3 is 30.3 Å². The van der Waals surface area contributed by atoms with Crippen LogP contribution in [0.1, 0.15) is 94.1 Å². The second kappa shape index (κ2) is 16.7. The number of carbonyl (C=O) groups excluding carboxylic acids is 4. The molecular formula is C35H51FN6O4. The van der Waals surface area contributed by atoms with Crippen LogP contribution in [-0.2, 0) is 20.9 Å². The van der Waals surface area contributed by atoms with Gasteiger partial charge in [0.05, 0.1) is 5.69 Å². The molecule has 1 aromatic carbocycles. The van der Waals surface area contributed by atoms with Crippen molar-refractivity contribution in [3.05, 3.63) is 53.6 Å². The average molecular weight is 639 g/mol. The van der Waals surface area contributed by atoms with E-state index in [4.69, 9.17) is 0 Å². The molecule has 2 heterocycles. The van der Waals surface area contributed by atoms with Crippen molar-refractivity contribution in [2.75, 3.05) is 38.5 Å². The standard InChI is InChI=1S/C35H51FN6O4/c1-5-31(43)39-32(35(46)42-20-18-40(4)19-21-42)24(3)26-15-16-28(27(36)23-26)37-33(44)29(22-25-12-9-7-8-10-13-25)38-34(45)30-14-11-17-41(30)6-2/h11,14-17,23-25,29,32H,5-10,12-13,18-22H2,1-4H3,(H,37,44)(H,38,45)(H,39,43)/t24-,29-,32+/m0/s1. The van der Waals surface area contributed by atoms with Crippen molar-refractivity contribution >= 4 is 29.3 Å². The lowest BCUT2D eigenvalue weighted by Gasteiger charge is -2.36. The van der Waals surface area contributed by atoms with Gasteiger partial charge in [-0.15, -0.1) is 0 Å². The number of anilines is 1. The summed E-state index contributed by atoms with van der Waals surface area (Å²) >= 11 is 0. The molecule has 2 fully saturated rings. The number of hydrogen-bond donors (Lipinski definition) is 3. The van der Waals surface area contributed by atoms with Crippen LogP contribution in [0.2, 0.25) is 0 Å². The Morgan fingerprint density at radius 3 is 2.28 bits per heavy atom. The number of carbonyl (C=O) groups is 4. The van der Waals surface area contributed by atoms with Gasteiger partial charge in [-0.25, -0.2) is 4.39 Å². The summed E-state index contributed by atoms with van der Waals surface area (Å²) in [5.41, 5.74) is 1.00. The second-order valence-corrected chi connectivity index (χ2v) is 12.8. The molecule has 3 N–H and O–H groups in total. The molecule has 10 nitrogen and oxygen atoms in total. The first-order chi connectivity index (χ1) is 22.1. The zero-order valence-corrected chi connectivity index (χ0v) is 27.8. The Bertz CT molecular complexity index is 1350. The molecule has 46 heavy (non-hydrogen) atoms. The first-order valence-corrected chi connectivity index (χ1v) is 16.9. The minimum Gasteiger partial charge on any atom is -0.344 e. The minimum absolute atomic E-state index is 0.00228. The smallest absolute Gasteiger partial charge is 0.268 e. The lowest BCUT2D eigenvalue weighted by molar-refractivity contribution is -0.138. The molecule has 2 aliphatic rings. The van der Waals surface area contributed by atoms with E-state index in [2.05, 4.69) is 20.9 Å². The molecule has 1 aliphatic heterocycles. The van der Waals surface area contributed by atoms with Crippen molar-refractivity contribution in [2.45, 2.75) is 96.7 Å². The van der Waals surface area contributed by atoms with Crippen LogP contribution in [-0.4, -0.2) is 83.3 Å². The fourth-order valence-electron chi connectivity index (χ4n) is 6.52. The van der Waals surface area contributed by atoms with Crippen molar-refractivity contribution in [3.8, 4) is 0 Å². The van der Waals surface area contributed by atoms with Crippen molar-refractivity contribution < 1.29 is 23.6 Å². The van der Waals surface area contributed by atoms with Crippen molar-refractivity contribution in [3.63, 3.8) is 0 Å². The fourth-order valence-corrected chi connectivity index (χ4v) is 6.52. The number of aryl methyl sites for hydroxylation is 1. The number of likely N-dealkylation sites (N-methyl/N-ethyl adjacent to an activating group) is 1. The quantitative estimate of drug-likeness (QED) is 0.296. The minimum atomic E-state index is -0.850. The third-order valence-electron chi connectivity index (χ3n) is 9.56. The van der Waals surface area contributed by atoms with Gasteiger partial charge in [0.2, 0.25) is 17.7 Å². The van der Waals surface area contributed by atoms with Crippen molar-refractivity contribution in [1.82, 2.24) is 25.0 Å². The van der Waals surface area contributed by atoms with E-state index in [1.165, 1.54) is 25.0 Å². The molecule has 0 radical (unpaired) electrons. The third-order valence-corrected chi connectivity index (χ3v) is 9.56. The summed E-state index contributed by atoms with van der Waals surface area (Å²) in [6.07, 6.45) is 9.05. The fraction of sp³-hybridized carbons (Fsp3) is 0.600. The Labute approximate surface area is 272 Å². The second-order valence-electron chi connectivity index (χ2n) is 12.8. The molecule has 4 amide bonds. The summed E-state index contributed by atoms with van der Waals surface area (Å²) in [5.74, 6) is -2.12. The van der Waals surface area contributed by atoms with Gasteiger partial charge in [-0.3, -0.25) is 19.2 Å². The summed E-state index contributed by atoms with van der Waals surface area (Å²) < 4.78 is 17.4. The van der Waals surface area contributed by atoms with E-state index in [0.29, 0.717) is 37.3 Å². The highest BCUT2D eigenvalue weighted by Crippen LogP contribution is 2.29. The molecule has 3 atom stereocenters. The normalized spacial score (nSPS) is 18.2. The number of hydrogen-bond acceptors (Lipinski definition) is 5. The van der Waals surface area contributed by atoms with Crippen LogP contribution in [0.15, 0.2) is 36.5 Å². The van der Waals surface area contributed by atoms with E-state index in [1.807, 2.05) is 24.7 Å². The van der Waals surface area contributed by atoms with Gasteiger partial charge in [0.15, 0.2) is 0 Å². The van der Waals surface area contributed by atoms with E-state index in [1.54, 1.807) is 36.9 Å². The molecule has 2 aromatic rings. The Balaban J connectivity index is 1.51. The van der Waals surface area contributed by atoms with Gasteiger partial charge in [-0.1, -0.05) is 58.4 Å². The topological polar surface area (TPSA) is 116 Å². The van der Waals surface area contributed by atoms with E-state index in [9.17, 15) is 19.2 Å². The Morgan fingerprint density at radius 2 is 1.65 bits per heavy atom. The molecule has 0 unspecified atom stereocenters. The molecule has 11 heteroatoms. The lowest BCUT2D eigenvalue weighted by Crippen LogP contribution is -2.55. The Kier molecular flexibility index (Phi) is 12.8. The van der Waals surface area contributed by atoms with Crippen LogP contribution >= 0.6 is 0 Å². The van der Waals surface area contributed by atoms with Gasteiger partial charge in [-0.2, -0.15) is 0 Å². The number of nitrogens with zero attached hydrogens (tertiary/aromatic N) is 3. The molecule has 0 spiro atoms. The predicted molar refractivity (Wildman–Crippen MR) is 177 cm³/mol. The van der Waals surface area contributed by atoms with Gasteiger partial charge >= 0.3 is 0 Å². The average Bonchev–Trinajstić information content (AvgIpc) is 3.40.